The SMILES string of the molecule is COCC(Nc1ccc(SC(F)(F)F)cc1)C1CC1. The number of thioether (sulfide) groups is 1. The van der Waals surface area contributed by atoms with Crippen molar-refractivity contribution in [3.8, 4) is 0 Å². The van der Waals surface area contributed by atoms with Crippen LogP contribution in [-0.4, -0.2) is 25.3 Å². The van der Waals surface area contributed by atoms with Crippen molar-refractivity contribution in [2.24, 2.45) is 5.92 Å². The van der Waals surface area contributed by atoms with Crippen molar-refractivity contribution in [3.05, 3.63) is 24.3 Å². The largest absolute Gasteiger partial charge is 0.446 e. The zero-order valence-electron chi connectivity index (χ0n) is 10.5. The minimum absolute atomic E-state index is 0.0952. The van der Waals surface area contributed by atoms with Crippen molar-refractivity contribution < 1.29 is 17.9 Å². The van der Waals surface area contributed by atoms with E-state index in [9.17, 15) is 13.2 Å². The van der Waals surface area contributed by atoms with E-state index in [-0.39, 0.29) is 22.7 Å². The Morgan fingerprint density at radius 1 is 1.32 bits per heavy atom. The van der Waals surface area contributed by atoms with Gasteiger partial charge >= 0.3 is 5.51 Å². The highest BCUT2D eigenvalue weighted by Crippen LogP contribution is 2.38. The Hall–Kier alpha value is -0.880. The molecule has 2 rings (SSSR count). The Labute approximate surface area is 114 Å². The number of rotatable bonds is 6. The number of alkyl halides is 3. The molecular weight excluding hydrogens is 275 g/mol. The van der Waals surface area contributed by atoms with Gasteiger partial charge in [-0.1, -0.05) is 0 Å². The molecule has 106 valence electrons. The van der Waals surface area contributed by atoms with Crippen molar-refractivity contribution >= 4 is 17.4 Å². The Balaban J connectivity index is 1.93. The normalized spacial score (nSPS) is 17.3. The first-order valence-electron chi connectivity index (χ1n) is 6.09. The van der Waals surface area contributed by atoms with E-state index in [0.29, 0.717) is 12.5 Å². The summed E-state index contributed by atoms with van der Waals surface area (Å²) in [6, 6.07) is 6.57. The minimum Gasteiger partial charge on any atom is -0.383 e. The summed E-state index contributed by atoms with van der Waals surface area (Å²) in [6.07, 6.45) is 2.37. The van der Waals surface area contributed by atoms with Crippen LogP contribution < -0.4 is 5.32 Å². The molecule has 1 unspecified atom stereocenters. The van der Waals surface area contributed by atoms with Crippen molar-refractivity contribution in [2.45, 2.75) is 29.3 Å². The van der Waals surface area contributed by atoms with Crippen LogP contribution in [-0.2, 0) is 4.74 Å². The van der Waals surface area contributed by atoms with Crippen LogP contribution in [0.3, 0.4) is 0 Å². The van der Waals surface area contributed by atoms with E-state index in [0.717, 1.165) is 5.69 Å². The molecule has 1 saturated carbocycles. The van der Waals surface area contributed by atoms with Crippen LogP contribution in [0.5, 0.6) is 0 Å². The monoisotopic (exact) mass is 291 g/mol. The highest BCUT2D eigenvalue weighted by Gasteiger charge is 2.31. The second kappa shape index (κ2) is 6.05. The second-order valence-corrected chi connectivity index (χ2v) is 5.75. The van der Waals surface area contributed by atoms with Crippen LogP contribution in [0.25, 0.3) is 0 Å². The topological polar surface area (TPSA) is 21.3 Å². The molecule has 0 saturated heterocycles. The zero-order chi connectivity index (χ0) is 13.9. The van der Waals surface area contributed by atoms with Gasteiger partial charge in [-0.05, 0) is 54.8 Å². The van der Waals surface area contributed by atoms with Crippen LogP contribution >= 0.6 is 11.8 Å². The number of nitrogens with one attached hydrogen (secondary N) is 1. The molecule has 1 aromatic rings. The first-order chi connectivity index (χ1) is 8.98. The van der Waals surface area contributed by atoms with E-state index in [1.165, 1.54) is 25.0 Å². The van der Waals surface area contributed by atoms with Gasteiger partial charge in [-0.3, -0.25) is 0 Å². The van der Waals surface area contributed by atoms with Crippen molar-refractivity contribution in [2.75, 3.05) is 19.0 Å². The standard InChI is InChI=1S/C13H16F3NOS/c1-18-8-12(9-2-3-9)17-10-4-6-11(7-5-10)19-13(14,15)16/h4-7,9,12,17H,2-3,8H2,1H3. The molecule has 1 N–H and O–H groups in total. The predicted octanol–water partition coefficient (Wildman–Crippen LogP) is 4.14. The maximum atomic E-state index is 12.2. The lowest BCUT2D eigenvalue weighted by Crippen LogP contribution is -2.27. The molecule has 2 nitrogen and oxygen atoms in total. The summed E-state index contributed by atoms with van der Waals surface area (Å²) in [7, 11) is 1.65. The van der Waals surface area contributed by atoms with Gasteiger partial charge in [0.1, 0.15) is 0 Å². The van der Waals surface area contributed by atoms with E-state index < -0.39 is 5.51 Å². The van der Waals surface area contributed by atoms with Crippen molar-refractivity contribution in [3.63, 3.8) is 0 Å². The number of hydrogen-bond acceptors (Lipinski definition) is 3. The third-order valence-corrected chi connectivity index (χ3v) is 3.72. The lowest BCUT2D eigenvalue weighted by molar-refractivity contribution is -0.0328. The van der Waals surface area contributed by atoms with Gasteiger partial charge in [0, 0.05) is 17.7 Å². The van der Waals surface area contributed by atoms with E-state index in [2.05, 4.69) is 5.32 Å². The van der Waals surface area contributed by atoms with E-state index in [1.807, 2.05) is 0 Å². The number of halogens is 3. The van der Waals surface area contributed by atoms with Gasteiger partial charge in [-0.25, -0.2) is 0 Å². The Morgan fingerprint density at radius 2 is 1.95 bits per heavy atom. The third-order valence-electron chi connectivity index (χ3n) is 2.98. The van der Waals surface area contributed by atoms with Gasteiger partial charge in [0.25, 0.3) is 0 Å². The van der Waals surface area contributed by atoms with Crippen LogP contribution in [0.15, 0.2) is 29.2 Å². The van der Waals surface area contributed by atoms with Gasteiger partial charge in [0.2, 0.25) is 0 Å². The Morgan fingerprint density at radius 3 is 2.42 bits per heavy atom. The van der Waals surface area contributed by atoms with Crippen LogP contribution in [0.1, 0.15) is 12.8 Å². The number of ether oxygens (including phenoxy) is 1. The molecular formula is C13H16F3NOS. The van der Waals surface area contributed by atoms with E-state index >= 15 is 0 Å². The first-order valence-corrected chi connectivity index (χ1v) is 6.91. The number of methoxy groups -OCH3 is 1. The average molecular weight is 291 g/mol. The van der Waals surface area contributed by atoms with Gasteiger partial charge < -0.3 is 10.1 Å². The first kappa shape index (κ1) is 14.5. The second-order valence-electron chi connectivity index (χ2n) is 4.62. The molecule has 1 fully saturated rings. The molecule has 0 aromatic heterocycles. The predicted molar refractivity (Wildman–Crippen MR) is 70.4 cm³/mol. The third kappa shape index (κ3) is 4.95. The number of benzene rings is 1. The Bertz CT molecular complexity index is 403. The number of hydrogen-bond donors (Lipinski definition) is 1. The summed E-state index contributed by atoms with van der Waals surface area (Å²) in [6.45, 7) is 0.615. The fourth-order valence-corrected chi connectivity index (χ4v) is 2.48. The highest BCUT2D eigenvalue weighted by atomic mass is 32.2. The van der Waals surface area contributed by atoms with Gasteiger partial charge in [0.05, 0.1) is 12.6 Å². The van der Waals surface area contributed by atoms with Crippen LogP contribution in [0, 0.1) is 5.92 Å². The molecule has 19 heavy (non-hydrogen) atoms. The molecule has 1 atom stereocenters. The Kier molecular flexibility index (Phi) is 4.62. The average Bonchev–Trinajstić information content (AvgIpc) is 3.13. The molecule has 0 amide bonds. The lowest BCUT2D eigenvalue weighted by Gasteiger charge is -2.18. The quantitative estimate of drug-likeness (QED) is 0.796. The maximum Gasteiger partial charge on any atom is 0.446 e. The molecule has 0 spiro atoms. The summed E-state index contributed by atoms with van der Waals surface area (Å²) in [5.74, 6) is 0.615. The van der Waals surface area contributed by atoms with Crippen LogP contribution in [0.4, 0.5) is 18.9 Å². The molecule has 6 heteroatoms. The molecule has 0 bridgehead atoms. The summed E-state index contributed by atoms with van der Waals surface area (Å²) in [5, 5.41) is 3.32. The summed E-state index contributed by atoms with van der Waals surface area (Å²) >= 11 is -0.0952. The molecule has 0 heterocycles. The number of anilines is 1. The molecule has 1 aromatic carbocycles. The fraction of sp³-hybridized carbons (Fsp3) is 0.538. The van der Waals surface area contributed by atoms with Crippen molar-refractivity contribution in [1.82, 2.24) is 0 Å². The van der Waals surface area contributed by atoms with E-state index in [1.54, 1.807) is 19.2 Å². The van der Waals surface area contributed by atoms with Gasteiger partial charge in [-0.15, -0.1) is 0 Å². The van der Waals surface area contributed by atoms with Gasteiger partial charge in [-0.2, -0.15) is 13.2 Å². The van der Waals surface area contributed by atoms with Crippen LogP contribution in [0.2, 0.25) is 0 Å². The zero-order valence-corrected chi connectivity index (χ0v) is 11.4. The summed E-state index contributed by atoms with van der Waals surface area (Å²) in [5.41, 5.74) is -3.40. The van der Waals surface area contributed by atoms with Gasteiger partial charge in [0.15, 0.2) is 0 Å². The minimum atomic E-state index is -4.23. The van der Waals surface area contributed by atoms with E-state index in [4.69, 9.17) is 4.74 Å². The summed E-state index contributed by atoms with van der Waals surface area (Å²) < 4.78 is 41.7. The molecule has 0 aliphatic heterocycles. The lowest BCUT2D eigenvalue weighted by atomic mass is 10.2. The molecule has 1 aliphatic rings. The summed E-state index contributed by atoms with van der Waals surface area (Å²) in [4.78, 5) is 0.202. The van der Waals surface area contributed by atoms with Crippen molar-refractivity contribution in [1.29, 1.82) is 0 Å². The smallest absolute Gasteiger partial charge is 0.383 e. The molecule has 0 radical (unpaired) electrons. The molecule has 1 aliphatic carbocycles. The fourth-order valence-electron chi connectivity index (χ4n) is 1.94. The highest BCUT2D eigenvalue weighted by molar-refractivity contribution is 8.00. The maximum absolute atomic E-state index is 12.2.